The SMILES string of the molecule is CON=C(C(=O)N[C@@H]1C(=O)N2C(C(=O)OCc3ccc(OC)cc3)=C(CSc3ccncc3)CS[C@@H]12)c1csc(NC(=O)OC(C)(C)C)n1. The molecule has 4 heterocycles. The van der Waals surface area contributed by atoms with Gasteiger partial charge in [0.15, 0.2) is 10.8 Å². The van der Waals surface area contributed by atoms with E-state index in [1.165, 1.54) is 40.9 Å². The summed E-state index contributed by atoms with van der Waals surface area (Å²) in [7, 11) is 2.84. The maximum atomic E-state index is 13.6. The minimum absolute atomic E-state index is 0.00757. The van der Waals surface area contributed by atoms with Crippen LogP contribution < -0.4 is 15.4 Å². The summed E-state index contributed by atoms with van der Waals surface area (Å²) < 4.78 is 16.1. The van der Waals surface area contributed by atoms with Gasteiger partial charge in [0, 0.05) is 34.2 Å². The second-order valence-electron chi connectivity index (χ2n) is 11.5. The lowest BCUT2D eigenvalue weighted by atomic mass is 10.0. The van der Waals surface area contributed by atoms with Gasteiger partial charge in [-0.25, -0.2) is 14.6 Å². The molecule has 1 aromatic carbocycles. The number of pyridine rings is 1. The molecule has 17 heteroatoms. The molecule has 0 radical (unpaired) electrons. The number of esters is 1. The molecular weight excluding hydrogens is 693 g/mol. The van der Waals surface area contributed by atoms with Crippen molar-refractivity contribution in [3.05, 3.63) is 76.7 Å². The third-order valence-corrected chi connectivity index (χ3v) is 10.1. The maximum Gasteiger partial charge on any atom is 0.413 e. The Hall–Kier alpha value is -4.61. The highest BCUT2D eigenvalue weighted by atomic mass is 32.2. The molecule has 2 N–H and O–H groups in total. The minimum Gasteiger partial charge on any atom is -0.497 e. The lowest BCUT2D eigenvalue weighted by Gasteiger charge is -2.49. The quantitative estimate of drug-likeness (QED) is 0.0886. The lowest BCUT2D eigenvalue weighted by molar-refractivity contribution is -0.153. The number of ether oxygens (including phenoxy) is 3. The van der Waals surface area contributed by atoms with Crippen molar-refractivity contribution < 1.29 is 38.2 Å². The third kappa shape index (κ3) is 8.90. The second kappa shape index (κ2) is 15.7. The molecule has 2 aliphatic heterocycles. The van der Waals surface area contributed by atoms with Gasteiger partial charge in [-0.3, -0.25) is 24.8 Å². The molecule has 14 nitrogen and oxygen atoms in total. The number of nitrogens with one attached hydrogen (secondary N) is 2. The molecule has 3 aromatic rings. The molecule has 2 aromatic heterocycles. The molecule has 2 aliphatic rings. The summed E-state index contributed by atoms with van der Waals surface area (Å²) in [4.78, 5) is 68.5. The normalized spacial score (nSPS) is 17.4. The molecule has 5 rings (SSSR count). The first-order chi connectivity index (χ1) is 23.5. The number of oxime groups is 1. The Morgan fingerprint density at radius 1 is 1.10 bits per heavy atom. The van der Waals surface area contributed by atoms with Crippen molar-refractivity contribution in [2.45, 2.75) is 49.3 Å². The first kappa shape index (κ1) is 35.7. The fraction of sp³-hybridized carbons (Fsp3) is 0.344. The molecule has 0 aliphatic carbocycles. The van der Waals surface area contributed by atoms with E-state index >= 15 is 0 Å². The summed E-state index contributed by atoms with van der Waals surface area (Å²) in [5.41, 5.74) is 0.850. The van der Waals surface area contributed by atoms with Gasteiger partial charge in [-0.2, -0.15) is 0 Å². The van der Waals surface area contributed by atoms with E-state index in [9.17, 15) is 19.2 Å². The maximum absolute atomic E-state index is 13.6. The first-order valence-electron chi connectivity index (χ1n) is 14.8. The number of amides is 3. The highest BCUT2D eigenvalue weighted by Crippen LogP contribution is 2.42. The van der Waals surface area contributed by atoms with Gasteiger partial charge >= 0.3 is 12.1 Å². The minimum atomic E-state index is -0.962. The zero-order valence-corrected chi connectivity index (χ0v) is 29.7. The summed E-state index contributed by atoms with van der Waals surface area (Å²) in [6, 6.07) is 9.88. The van der Waals surface area contributed by atoms with Crippen LogP contribution in [0.25, 0.3) is 0 Å². The number of carbonyl (C=O) groups is 4. The molecule has 49 heavy (non-hydrogen) atoms. The van der Waals surface area contributed by atoms with Gasteiger partial charge in [0.2, 0.25) is 0 Å². The Labute approximate surface area is 295 Å². The van der Waals surface area contributed by atoms with Crippen LogP contribution in [0.15, 0.2) is 75.5 Å². The largest absolute Gasteiger partial charge is 0.497 e. The van der Waals surface area contributed by atoms with Crippen molar-refractivity contribution in [2.75, 3.05) is 31.0 Å². The van der Waals surface area contributed by atoms with Crippen LogP contribution >= 0.6 is 34.9 Å². The predicted octanol–water partition coefficient (Wildman–Crippen LogP) is 4.43. The van der Waals surface area contributed by atoms with Crippen molar-refractivity contribution >= 4 is 69.6 Å². The van der Waals surface area contributed by atoms with Gasteiger partial charge in [-0.1, -0.05) is 17.3 Å². The molecule has 0 saturated carbocycles. The van der Waals surface area contributed by atoms with Gasteiger partial charge in [0.1, 0.15) is 47.9 Å². The molecule has 0 bridgehead atoms. The van der Waals surface area contributed by atoms with Gasteiger partial charge in [-0.05, 0) is 56.2 Å². The van der Waals surface area contributed by atoms with Crippen molar-refractivity contribution in [2.24, 2.45) is 5.16 Å². The number of thiazole rings is 1. The number of carbonyl (C=O) groups excluding carboxylic acids is 4. The van der Waals surface area contributed by atoms with Crippen molar-refractivity contribution in [1.29, 1.82) is 0 Å². The summed E-state index contributed by atoms with van der Waals surface area (Å²) >= 11 is 3.99. The number of anilines is 1. The fourth-order valence-electron chi connectivity index (χ4n) is 4.66. The summed E-state index contributed by atoms with van der Waals surface area (Å²) in [6.45, 7) is 5.18. The number of nitrogens with zero attached hydrogens (tertiary/aromatic N) is 4. The Balaban J connectivity index is 1.30. The van der Waals surface area contributed by atoms with E-state index in [0.717, 1.165) is 27.4 Å². The highest BCUT2D eigenvalue weighted by molar-refractivity contribution is 8.01. The Morgan fingerprint density at radius 2 is 1.84 bits per heavy atom. The predicted molar refractivity (Wildman–Crippen MR) is 185 cm³/mol. The van der Waals surface area contributed by atoms with Crippen molar-refractivity contribution in [1.82, 2.24) is 20.2 Å². The van der Waals surface area contributed by atoms with Crippen molar-refractivity contribution in [3.8, 4) is 5.75 Å². The summed E-state index contributed by atoms with van der Waals surface area (Å²) in [5, 5.41) is 10.2. The van der Waals surface area contributed by atoms with Gasteiger partial charge < -0.3 is 24.4 Å². The van der Waals surface area contributed by atoms with Gasteiger partial charge in [0.25, 0.3) is 11.8 Å². The number of methoxy groups -OCH3 is 1. The molecule has 258 valence electrons. The molecular formula is C32H34N6O8S3. The van der Waals surface area contributed by atoms with Crippen molar-refractivity contribution in [3.63, 3.8) is 0 Å². The topological polar surface area (TPSA) is 171 Å². The smallest absolute Gasteiger partial charge is 0.413 e. The lowest BCUT2D eigenvalue weighted by Crippen LogP contribution is -2.71. The molecule has 0 unspecified atom stereocenters. The van der Waals surface area contributed by atoms with E-state index in [-0.39, 0.29) is 28.8 Å². The fourth-order valence-corrected chi connectivity index (χ4v) is 7.71. The number of hydrogen-bond donors (Lipinski definition) is 2. The van der Waals surface area contributed by atoms with Crippen LogP contribution in [0.4, 0.5) is 9.93 Å². The number of aromatic nitrogens is 2. The zero-order chi connectivity index (χ0) is 35.1. The average Bonchev–Trinajstić information content (AvgIpc) is 3.54. The molecule has 0 spiro atoms. The number of rotatable bonds is 12. The first-order valence-corrected chi connectivity index (χ1v) is 17.8. The van der Waals surface area contributed by atoms with E-state index < -0.39 is 40.9 Å². The Morgan fingerprint density at radius 3 is 2.51 bits per heavy atom. The van der Waals surface area contributed by atoms with Crippen LogP contribution in [-0.4, -0.2) is 87.2 Å². The highest BCUT2D eigenvalue weighted by Gasteiger charge is 2.54. The van der Waals surface area contributed by atoms with E-state index in [4.69, 9.17) is 19.0 Å². The summed E-state index contributed by atoms with van der Waals surface area (Å²) in [6.07, 6.45) is 2.66. The van der Waals surface area contributed by atoms with Crippen LogP contribution in [-0.2, 0) is 35.3 Å². The van der Waals surface area contributed by atoms with E-state index in [1.54, 1.807) is 64.5 Å². The van der Waals surface area contributed by atoms with E-state index in [1.807, 2.05) is 12.1 Å². The average molecular weight is 727 g/mol. The molecule has 1 fully saturated rings. The van der Waals surface area contributed by atoms with Crippen LogP contribution in [0.5, 0.6) is 5.75 Å². The molecule has 3 amide bonds. The Bertz CT molecular complexity index is 1760. The zero-order valence-electron chi connectivity index (χ0n) is 27.3. The number of thioether (sulfide) groups is 2. The number of fused-ring (bicyclic) bond motifs is 1. The monoisotopic (exact) mass is 726 g/mol. The third-order valence-electron chi connectivity index (χ3n) is 6.87. The second-order valence-corrected chi connectivity index (χ2v) is 14.5. The van der Waals surface area contributed by atoms with Crippen LogP contribution in [0.1, 0.15) is 32.0 Å². The van der Waals surface area contributed by atoms with Gasteiger partial charge in [-0.15, -0.1) is 34.9 Å². The number of hydrogen-bond acceptors (Lipinski definition) is 14. The number of β-lactam (4-membered cyclic amide) rings is 1. The van der Waals surface area contributed by atoms with Crippen LogP contribution in [0, 0.1) is 0 Å². The van der Waals surface area contributed by atoms with Crippen LogP contribution in [0.2, 0.25) is 0 Å². The molecule has 1 saturated heterocycles. The van der Waals surface area contributed by atoms with Crippen LogP contribution in [0.3, 0.4) is 0 Å². The molecule has 2 atom stereocenters. The standard InChI is InChI=1S/C32H34N6O8S3/c1-32(2,3)46-31(42)36-30-34-22(17-49-30)23(37-44-5)26(39)35-24-27(40)38-25(29(41)45-14-18-6-8-20(43-4)9-7-18)19(16-48-28(24)38)15-47-21-10-12-33-13-11-21/h6-13,17,24,28H,14-16H2,1-5H3,(H,35,39)(H,34,36,42)/t24-,28+/m1/s1. The Kier molecular flexibility index (Phi) is 11.5. The van der Waals surface area contributed by atoms with Gasteiger partial charge in [0.05, 0.1) is 7.11 Å². The van der Waals surface area contributed by atoms with E-state index in [0.29, 0.717) is 17.3 Å². The summed E-state index contributed by atoms with van der Waals surface area (Å²) in [5.74, 6) is -0.302. The number of benzene rings is 1. The van der Waals surface area contributed by atoms with E-state index in [2.05, 4.69) is 25.8 Å².